The van der Waals surface area contributed by atoms with Gasteiger partial charge in [0, 0.05) is 13.0 Å². The highest BCUT2D eigenvalue weighted by Gasteiger charge is 1.95. The van der Waals surface area contributed by atoms with Gasteiger partial charge in [0.15, 0.2) is 0 Å². The van der Waals surface area contributed by atoms with Crippen LogP contribution in [0.1, 0.15) is 12.0 Å². The van der Waals surface area contributed by atoms with Gasteiger partial charge in [-0.3, -0.25) is 4.79 Å². The van der Waals surface area contributed by atoms with Gasteiger partial charge in [0.2, 0.25) is 5.91 Å². The number of ether oxygens (including phenoxy) is 3. The van der Waals surface area contributed by atoms with Crippen molar-refractivity contribution in [2.75, 3.05) is 33.0 Å². The summed E-state index contributed by atoms with van der Waals surface area (Å²) < 4.78 is 15.8. The van der Waals surface area contributed by atoms with E-state index in [0.29, 0.717) is 26.4 Å². The van der Waals surface area contributed by atoms with E-state index in [2.05, 4.69) is 0 Å². The number of carbonyl (C=O) groups is 1. The molecule has 0 aliphatic heterocycles. The zero-order chi connectivity index (χ0) is 13.9. The van der Waals surface area contributed by atoms with E-state index in [1.165, 1.54) is 5.56 Å². The summed E-state index contributed by atoms with van der Waals surface area (Å²) in [7, 11) is 0. The summed E-state index contributed by atoms with van der Waals surface area (Å²) >= 11 is 0. The van der Waals surface area contributed by atoms with E-state index in [4.69, 9.17) is 19.9 Å². The fourth-order valence-electron chi connectivity index (χ4n) is 1.38. The molecule has 5 nitrogen and oxygen atoms in total. The molecular weight excluding hydrogens is 246 g/mol. The van der Waals surface area contributed by atoms with Gasteiger partial charge in [0.1, 0.15) is 12.4 Å². The minimum atomic E-state index is -0.466. The van der Waals surface area contributed by atoms with Crippen LogP contribution >= 0.6 is 0 Å². The molecule has 1 aromatic rings. The Labute approximate surface area is 113 Å². The topological polar surface area (TPSA) is 70.8 Å². The van der Waals surface area contributed by atoms with Crippen LogP contribution in [0.4, 0.5) is 0 Å². The van der Waals surface area contributed by atoms with Gasteiger partial charge in [0.05, 0.1) is 19.8 Å². The lowest BCUT2D eigenvalue weighted by atomic mass is 10.2. The Hall–Kier alpha value is -1.59. The van der Waals surface area contributed by atoms with Crippen LogP contribution in [0.5, 0.6) is 5.75 Å². The standard InChI is InChI=1S/C14H21NO4/c1-12-3-5-13(6-4-12)19-8-2-7-17-9-10-18-11-14(15)16/h3-6H,2,7-11H2,1H3,(H2,15,16). The maximum absolute atomic E-state index is 10.4. The molecule has 0 atom stereocenters. The summed E-state index contributed by atoms with van der Waals surface area (Å²) in [5.41, 5.74) is 6.13. The molecule has 0 aromatic heterocycles. The van der Waals surface area contributed by atoms with Crippen molar-refractivity contribution < 1.29 is 19.0 Å². The smallest absolute Gasteiger partial charge is 0.243 e. The van der Waals surface area contributed by atoms with Crippen molar-refractivity contribution in [2.45, 2.75) is 13.3 Å². The van der Waals surface area contributed by atoms with E-state index in [1.807, 2.05) is 31.2 Å². The molecule has 0 aliphatic rings. The Kier molecular flexibility index (Phi) is 7.62. The molecule has 1 rings (SSSR count). The Balaban J connectivity index is 1.91. The third-order valence-electron chi connectivity index (χ3n) is 2.34. The van der Waals surface area contributed by atoms with Crippen LogP contribution in [0.25, 0.3) is 0 Å². The van der Waals surface area contributed by atoms with Crippen molar-refractivity contribution in [1.29, 1.82) is 0 Å². The molecule has 106 valence electrons. The van der Waals surface area contributed by atoms with Gasteiger partial charge >= 0.3 is 0 Å². The number of hydrogen-bond acceptors (Lipinski definition) is 4. The average molecular weight is 267 g/mol. The summed E-state index contributed by atoms with van der Waals surface area (Å²) in [5.74, 6) is 0.405. The second kappa shape index (κ2) is 9.35. The first-order chi connectivity index (χ1) is 9.18. The molecule has 1 aromatic carbocycles. The van der Waals surface area contributed by atoms with Gasteiger partial charge in [-0.1, -0.05) is 17.7 Å². The molecule has 0 radical (unpaired) electrons. The van der Waals surface area contributed by atoms with Crippen molar-refractivity contribution in [3.8, 4) is 5.75 Å². The van der Waals surface area contributed by atoms with Gasteiger partial charge < -0.3 is 19.9 Å². The molecule has 0 saturated carbocycles. The minimum Gasteiger partial charge on any atom is -0.494 e. The quantitative estimate of drug-likeness (QED) is 0.648. The SMILES string of the molecule is Cc1ccc(OCCCOCCOCC(N)=O)cc1. The van der Waals surface area contributed by atoms with Crippen molar-refractivity contribution >= 4 is 5.91 Å². The van der Waals surface area contributed by atoms with Gasteiger partial charge in [-0.15, -0.1) is 0 Å². The highest BCUT2D eigenvalue weighted by Crippen LogP contribution is 2.11. The van der Waals surface area contributed by atoms with Crippen LogP contribution in [0.3, 0.4) is 0 Å². The first-order valence-electron chi connectivity index (χ1n) is 6.32. The Morgan fingerprint density at radius 1 is 1.05 bits per heavy atom. The summed E-state index contributed by atoms with van der Waals surface area (Å²) in [4.78, 5) is 10.4. The molecule has 0 spiro atoms. The number of aryl methyl sites for hydroxylation is 1. The first-order valence-corrected chi connectivity index (χ1v) is 6.32. The lowest BCUT2D eigenvalue weighted by molar-refractivity contribution is -0.123. The van der Waals surface area contributed by atoms with E-state index < -0.39 is 5.91 Å². The zero-order valence-electron chi connectivity index (χ0n) is 11.3. The molecule has 0 aliphatic carbocycles. The summed E-state index contributed by atoms with van der Waals surface area (Å²) in [6, 6.07) is 7.94. The van der Waals surface area contributed by atoms with Crippen molar-refractivity contribution in [1.82, 2.24) is 0 Å². The molecule has 0 bridgehead atoms. The lowest BCUT2D eigenvalue weighted by Gasteiger charge is -2.07. The molecule has 0 saturated heterocycles. The maximum Gasteiger partial charge on any atom is 0.243 e. The number of amides is 1. The molecule has 0 heterocycles. The molecule has 2 N–H and O–H groups in total. The average Bonchev–Trinajstić information content (AvgIpc) is 2.38. The monoisotopic (exact) mass is 267 g/mol. The molecular formula is C14H21NO4. The van der Waals surface area contributed by atoms with Crippen LogP contribution in [-0.2, 0) is 14.3 Å². The van der Waals surface area contributed by atoms with Crippen LogP contribution in [0.2, 0.25) is 0 Å². The van der Waals surface area contributed by atoms with Gasteiger partial charge in [-0.2, -0.15) is 0 Å². The van der Waals surface area contributed by atoms with Crippen molar-refractivity contribution in [3.63, 3.8) is 0 Å². The molecule has 0 fully saturated rings. The Morgan fingerprint density at radius 3 is 2.42 bits per heavy atom. The normalized spacial score (nSPS) is 10.4. The predicted octanol–water partition coefficient (Wildman–Crippen LogP) is 1.28. The Morgan fingerprint density at radius 2 is 1.74 bits per heavy atom. The second-order valence-corrected chi connectivity index (χ2v) is 4.15. The third-order valence-corrected chi connectivity index (χ3v) is 2.34. The molecule has 0 unspecified atom stereocenters. The molecule has 19 heavy (non-hydrogen) atoms. The van der Waals surface area contributed by atoms with E-state index >= 15 is 0 Å². The lowest BCUT2D eigenvalue weighted by Crippen LogP contribution is -2.19. The van der Waals surface area contributed by atoms with E-state index in [9.17, 15) is 4.79 Å². The fourth-order valence-corrected chi connectivity index (χ4v) is 1.38. The van der Waals surface area contributed by atoms with E-state index in [-0.39, 0.29) is 6.61 Å². The number of rotatable bonds is 10. The highest BCUT2D eigenvalue weighted by molar-refractivity contribution is 5.74. The third kappa shape index (κ3) is 8.18. The van der Waals surface area contributed by atoms with Gasteiger partial charge in [0.25, 0.3) is 0 Å². The van der Waals surface area contributed by atoms with Crippen molar-refractivity contribution in [3.05, 3.63) is 29.8 Å². The fraction of sp³-hybridized carbons (Fsp3) is 0.500. The van der Waals surface area contributed by atoms with Crippen LogP contribution in [-0.4, -0.2) is 38.9 Å². The maximum atomic E-state index is 10.4. The van der Waals surface area contributed by atoms with Crippen LogP contribution < -0.4 is 10.5 Å². The molecule has 1 amide bonds. The number of nitrogens with two attached hydrogens (primary N) is 1. The second-order valence-electron chi connectivity index (χ2n) is 4.15. The van der Waals surface area contributed by atoms with E-state index in [1.54, 1.807) is 0 Å². The summed E-state index contributed by atoms with van der Waals surface area (Å²) in [6.45, 7) is 4.04. The number of carbonyl (C=O) groups excluding carboxylic acids is 1. The Bertz CT molecular complexity index is 364. The first kappa shape index (κ1) is 15.5. The number of benzene rings is 1. The van der Waals surface area contributed by atoms with Crippen molar-refractivity contribution in [2.24, 2.45) is 5.73 Å². The number of hydrogen-bond donors (Lipinski definition) is 1. The highest BCUT2D eigenvalue weighted by atomic mass is 16.5. The minimum absolute atomic E-state index is 0.0557. The summed E-state index contributed by atoms with van der Waals surface area (Å²) in [6.07, 6.45) is 0.809. The largest absolute Gasteiger partial charge is 0.494 e. The van der Waals surface area contributed by atoms with Crippen LogP contribution in [0.15, 0.2) is 24.3 Å². The zero-order valence-corrected chi connectivity index (χ0v) is 11.3. The number of primary amides is 1. The van der Waals surface area contributed by atoms with E-state index in [0.717, 1.165) is 12.2 Å². The predicted molar refractivity (Wildman–Crippen MR) is 72.1 cm³/mol. The van der Waals surface area contributed by atoms with Gasteiger partial charge in [-0.25, -0.2) is 0 Å². The van der Waals surface area contributed by atoms with Crippen LogP contribution in [0, 0.1) is 6.92 Å². The van der Waals surface area contributed by atoms with Gasteiger partial charge in [-0.05, 0) is 19.1 Å². The molecule has 5 heteroatoms. The summed E-state index contributed by atoms with van der Waals surface area (Å²) in [5, 5.41) is 0.